The first-order chi connectivity index (χ1) is 11.7. The summed E-state index contributed by atoms with van der Waals surface area (Å²) in [7, 11) is 1.82. The third kappa shape index (κ3) is 8.17. The molecule has 0 aliphatic carbocycles. The van der Waals surface area contributed by atoms with Crippen molar-refractivity contribution in [2.24, 2.45) is 10.9 Å². The van der Waals surface area contributed by atoms with E-state index < -0.39 is 0 Å². The van der Waals surface area contributed by atoms with Gasteiger partial charge in [0, 0.05) is 58.7 Å². The molecule has 0 radical (unpaired) electrons. The number of hydrogen-bond acceptors (Lipinski definition) is 5. The molecule has 1 aromatic rings. The van der Waals surface area contributed by atoms with Crippen LogP contribution in [-0.2, 0) is 0 Å². The number of nitrogens with one attached hydrogen (secondary N) is 2. The second-order valence-corrected chi connectivity index (χ2v) is 6.50. The Morgan fingerprint density at radius 3 is 2.44 bits per heavy atom. The van der Waals surface area contributed by atoms with E-state index in [0.717, 1.165) is 64.1 Å². The van der Waals surface area contributed by atoms with Crippen LogP contribution in [-0.4, -0.2) is 73.7 Å². The molecule has 1 aliphatic rings. The zero-order valence-corrected chi connectivity index (χ0v) is 17.9. The van der Waals surface area contributed by atoms with Crippen LogP contribution in [0.4, 0.5) is 5.95 Å². The van der Waals surface area contributed by atoms with E-state index in [2.05, 4.69) is 49.2 Å². The van der Waals surface area contributed by atoms with Gasteiger partial charge in [-0.1, -0.05) is 13.8 Å². The Hall–Kier alpha value is -1.16. The molecule has 2 heterocycles. The van der Waals surface area contributed by atoms with Crippen LogP contribution in [0.3, 0.4) is 0 Å². The van der Waals surface area contributed by atoms with Crippen molar-refractivity contribution in [1.29, 1.82) is 0 Å². The van der Waals surface area contributed by atoms with Crippen molar-refractivity contribution in [3.63, 3.8) is 0 Å². The number of hydrogen-bond donors (Lipinski definition) is 2. The summed E-state index contributed by atoms with van der Waals surface area (Å²) in [4.78, 5) is 17.7. The van der Waals surface area contributed by atoms with Gasteiger partial charge in [-0.2, -0.15) is 0 Å². The highest BCUT2D eigenvalue weighted by Crippen LogP contribution is 2.09. The lowest BCUT2D eigenvalue weighted by molar-refractivity contribution is 0.254. The number of aromatic nitrogens is 2. The van der Waals surface area contributed by atoms with Crippen LogP contribution < -0.4 is 15.5 Å². The second-order valence-electron chi connectivity index (χ2n) is 6.50. The van der Waals surface area contributed by atoms with Gasteiger partial charge in [-0.3, -0.25) is 9.89 Å². The Morgan fingerprint density at radius 1 is 1.16 bits per heavy atom. The van der Waals surface area contributed by atoms with Crippen molar-refractivity contribution in [1.82, 2.24) is 25.5 Å². The fourth-order valence-electron chi connectivity index (χ4n) is 2.66. The summed E-state index contributed by atoms with van der Waals surface area (Å²) in [5.74, 6) is 2.36. The lowest BCUT2D eigenvalue weighted by Gasteiger charge is -2.34. The van der Waals surface area contributed by atoms with Crippen molar-refractivity contribution in [2.45, 2.75) is 20.3 Å². The van der Waals surface area contributed by atoms with E-state index in [0.29, 0.717) is 5.92 Å². The van der Waals surface area contributed by atoms with Gasteiger partial charge in [0.1, 0.15) is 0 Å². The van der Waals surface area contributed by atoms with E-state index in [1.54, 1.807) is 12.4 Å². The van der Waals surface area contributed by atoms with E-state index in [-0.39, 0.29) is 24.0 Å². The van der Waals surface area contributed by atoms with E-state index in [9.17, 15) is 0 Å². The van der Waals surface area contributed by atoms with Crippen molar-refractivity contribution in [3.8, 4) is 0 Å². The highest BCUT2D eigenvalue weighted by molar-refractivity contribution is 14.0. The molecule has 2 rings (SSSR count). The first-order valence-corrected chi connectivity index (χ1v) is 8.88. The van der Waals surface area contributed by atoms with Crippen LogP contribution in [0.15, 0.2) is 23.5 Å². The minimum Gasteiger partial charge on any atom is -0.356 e. The topological polar surface area (TPSA) is 68.7 Å². The van der Waals surface area contributed by atoms with Crippen LogP contribution in [0.2, 0.25) is 0 Å². The Labute approximate surface area is 168 Å². The Kier molecular flexibility index (Phi) is 10.7. The third-order valence-electron chi connectivity index (χ3n) is 4.05. The predicted octanol–water partition coefficient (Wildman–Crippen LogP) is 1.43. The van der Waals surface area contributed by atoms with Gasteiger partial charge < -0.3 is 15.5 Å². The fourth-order valence-corrected chi connectivity index (χ4v) is 2.66. The molecule has 25 heavy (non-hydrogen) atoms. The third-order valence-corrected chi connectivity index (χ3v) is 4.05. The first-order valence-electron chi connectivity index (χ1n) is 8.88. The Balaban J connectivity index is 0.00000312. The van der Waals surface area contributed by atoms with Gasteiger partial charge in [-0.25, -0.2) is 9.97 Å². The number of guanidine groups is 1. The van der Waals surface area contributed by atoms with Crippen molar-refractivity contribution >= 4 is 35.9 Å². The molecule has 1 aliphatic heterocycles. The molecule has 0 unspecified atom stereocenters. The molecule has 0 aromatic carbocycles. The molecule has 1 fully saturated rings. The van der Waals surface area contributed by atoms with Gasteiger partial charge in [0.05, 0.1) is 0 Å². The highest BCUT2D eigenvalue weighted by Gasteiger charge is 2.18. The first kappa shape index (κ1) is 21.9. The summed E-state index contributed by atoms with van der Waals surface area (Å²) < 4.78 is 0. The number of nitrogens with zero attached hydrogens (tertiary/aromatic N) is 5. The molecular weight excluding hydrogens is 429 g/mol. The molecule has 142 valence electrons. The molecule has 7 nitrogen and oxygen atoms in total. The number of piperazine rings is 1. The normalized spacial score (nSPS) is 15.8. The molecule has 1 aromatic heterocycles. The average Bonchev–Trinajstić information content (AvgIpc) is 2.62. The van der Waals surface area contributed by atoms with E-state index in [4.69, 9.17) is 0 Å². The Bertz CT molecular complexity index is 487. The lowest BCUT2D eigenvalue weighted by atomic mass is 10.2. The summed E-state index contributed by atoms with van der Waals surface area (Å²) in [6, 6.07) is 1.86. The molecule has 2 N–H and O–H groups in total. The summed E-state index contributed by atoms with van der Waals surface area (Å²) >= 11 is 0. The Morgan fingerprint density at radius 2 is 1.84 bits per heavy atom. The van der Waals surface area contributed by atoms with E-state index in [1.165, 1.54) is 0 Å². The number of rotatable bonds is 7. The largest absolute Gasteiger partial charge is 0.356 e. The molecule has 0 spiro atoms. The van der Waals surface area contributed by atoms with E-state index >= 15 is 0 Å². The lowest BCUT2D eigenvalue weighted by Crippen LogP contribution is -2.47. The van der Waals surface area contributed by atoms with Crippen LogP contribution in [0.5, 0.6) is 0 Å². The zero-order chi connectivity index (χ0) is 17.2. The molecule has 0 saturated carbocycles. The minimum atomic E-state index is 0. The standard InChI is InChI=1S/C17H31N7.HI/c1-15(2)14-22-16(18-3)19-8-5-9-23-10-12-24(13-11-23)17-20-6-4-7-21-17;/h4,6-7,15H,5,8-14H2,1-3H3,(H2,18,19,22);1H. The van der Waals surface area contributed by atoms with Gasteiger partial charge in [-0.05, 0) is 24.9 Å². The predicted molar refractivity (Wildman–Crippen MR) is 115 cm³/mol. The van der Waals surface area contributed by atoms with Crippen molar-refractivity contribution < 1.29 is 0 Å². The molecule has 0 amide bonds. The SMILES string of the molecule is CN=C(NCCCN1CCN(c2ncccn2)CC1)NCC(C)C.I. The van der Waals surface area contributed by atoms with Crippen molar-refractivity contribution in [2.75, 3.05) is 57.8 Å². The fraction of sp³-hybridized carbons (Fsp3) is 0.706. The number of aliphatic imine (C=N–C) groups is 1. The molecule has 8 heteroatoms. The quantitative estimate of drug-likeness (QED) is 0.277. The molecule has 1 saturated heterocycles. The van der Waals surface area contributed by atoms with E-state index in [1.807, 2.05) is 13.1 Å². The maximum atomic E-state index is 4.33. The number of halogens is 1. The maximum absolute atomic E-state index is 4.33. The van der Waals surface area contributed by atoms with Crippen LogP contribution in [0, 0.1) is 5.92 Å². The summed E-state index contributed by atoms with van der Waals surface area (Å²) in [5.41, 5.74) is 0. The van der Waals surface area contributed by atoms with Gasteiger partial charge in [0.2, 0.25) is 5.95 Å². The second kappa shape index (κ2) is 12.2. The summed E-state index contributed by atoms with van der Waals surface area (Å²) in [6.07, 6.45) is 4.73. The molecule has 0 atom stereocenters. The van der Waals surface area contributed by atoms with Gasteiger partial charge in [-0.15, -0.1) is 24.0 Å². The molecular formula is C17H32IN7. The van der Waals surface area contributed by atoms with Gasteiger partial charge >= 0.3 is 0 Å². The minimum absolute atomic E-state index is 0. The smallest absolute Gasteiger partial charge is 0.225 e. The van der Waals surface area contributed by atoms with Crippen LogP contribution in [0.1, 0.15) is 20.3 Å². The zero-order valence-electron chi connectivity index (χ0n) is 15.6. The highest BCUT2D eigenvalue weighted by atomic mass is 127. The van der Waals surface area contributed by atoms with Gasteiger partial charge in [0.15, 0.2) is 5.96 Å². The van der Waals surface area contributed by atoms with Crippen LogP contribution >= 0.6 is 24.0 Å². The van der Waals surface area contributed by atoms with Crippen molar-refractivity contribution in [3.05, 3.63) is 18.5 Å². The summed E-state index contributed by atoms with van der Waals surface area (Å²) in [6.45, 7) is 11.5. The van der Waals surface area contributed by atoms with Crippen LogP contribution in [0.25, 0.3) is 0 Å². The average molecular weight is 461 g/mol. The monoisotopic (exact) mass is 461 g/mol. The maximum Gasteiger partial charge on any atom is 0.225 e. The van der Waals surface area contributed by atoms with Gasteiger partial charge in [0.25, 0.3) is 0 Å². The molecule has 0 bridgehead atoms. The summed E-state index contributed by atoms with van der Waals surface area (Å²) in [5, 5.41) is 6.72. The number of anilines is 1.